The third-order valence-electron chi connectivity index (χ3n) is 2.70. The van der Waals surface area contributed by atoms with E-state index >= 15 is 0 Å². The molecule has 1 heterocycles. The Bertz CT molecular complexity index is 677. The van der Waals surface area contributed by atoms with Crippen LogP contribution in [-0.4, -0.2) is 22.0 Å². The summed E-state index contributed by atoms with van der Waals surface area (Å²) in [6, 6.07) is 5.44. The zero-order valence-electron chi connectivity index (χ0n) is 10.6. The van der Waals surface area contributed by atoms with Crippen LogP contribution in [0.25, 0.3) is 0 Å². The standard InChI is InChI=1S/C13H10N2O6/c16-12(17)8-5-9(7-14-6-8)13(18)21-11-4-2-1-3-10(11)15(19)20/h1-4,6-7,14H,5H2,(H,16,17). The molecule has 0 amide bonds. The van der Waals surface area contributed by atoms with Gasteiger partial charge in [0.25, 0.3) is 0 Å². The molecule has 0 saturated carbocycles. The maximum absolute atomic E-state index is 11.9. The summed E-state index contributed by atoms with van der Waals surface area (Å²) in [6.07, 6.45) is 2.43. The summed E-state index contributed by atoms with van der Waals surface area (Å²) in [4.78, 5) is 32.9. The van der Waals surface area contributed by atoms with E-state index < -0.39 is 16.9 Å². The number of carboxylic acid groups (broad SMARTS) is 1. The Kier molecular flexibility index (Phi) is 3.98. The molecule has 108 valence electrons. The number of para-hydroxylation sites is 2. The Morgan fingerprint density at radius 1 is 1.24 bits per heavy atom. The summed E-state index contributed by atoms with van der Waals surface area (Å²) in [6.45, 7) is 0. The van der Waals surface area contributed by atoms with E-state index in [1.807, 2.05) is 0 Å². The van der Waals surface area contributed by atoms with Gasteiger partial charge in [-0.1, -0.05) is 12.1 Å². The maximum atomic E-state index is 11.9. The van der Waals surface area contributed by atoms with Gasteiger partial charge in [-0.25, -0.2) is 9.59 Å². The molecule has 1 aromatic rings. The van der Waals surface area contributed by atoms with Crippen molar-refractivity contribution in [2.75, 3.05) is 0 Å². The Labute approximate surface area is 118 Å². The van der Waals surface area contributed by atoms with Crippen LogP contribution in [0.4, 0.5) is 5.69 Å². The largest absolute Gasteiger partial charge is 0.478 e. The molecule has 0 aromatic heterocycles. The molecular formula is C13H10N2O6. The number of nitro groups is 1. The number of nitro benzene ring substituents is 1. The first kappa shape index (κ1) is 14.3. The first-order valence-electron chi connectivity index (χ1n) is 5.82. The topological polar surface area (TPSA) is 119 Å². The number of esters is 1. The zero-order chi connectivity index (χ0) is 15.4. The lowest BCUT2D eigenvalue weighted by atomic mass is 10.1. The molecule has 0 fully saturated rings. The highest BCUT2D eigenvalue weighted by atomic mass is 16.6. The van der Waals surface area contributed by atoms with Crippen LogP contribution in [0.2, 0.25) is 0 Å². The van der Waals surface area contributed by atoms with Gasteiger partial charge in [0.1, 0.15) is 0 Å². The lowest BCUT2D eigenvalue weighted by Crippen LogP contribution is -2.20. The number of benzene rings is 1. The Hall–Kier alpha value is -3.16. The number of rotatable bonds is 4. The molecule has 0 radical (unpaired) electrons. The second kappa shape index (κ2) is 5.87. The van der Waals surface area contributed by atoms with Gasteiger partial charge in [-0.05, 0) is 6.07 Å². The van der Waals surface area contributed by atoms with Gasteiger partial charge in [0, 0.05) is 24.9 Å². The van der Waals surface area contributed by atoms with Gasteiger partial charge >= 0.3 is 17.6 Å². The van der Waals surface area contributed by atoms with Crippen LogP contribution >= 0.6 is 0 Å². The van der Waals surface area contributed by atoms with Gasteiger partial charge in [0.2, 0.25) is 5.75 Å². The molecule has 0 atom stereocenters. The molecule has 8 nitrogen and oxygen atoms in total. The summed E-state index contributed by atoms with van der Waals surface area (Å²) in [5.41, 5.74) is -0.288. The summed E-state index contributed by atoms with van der Waals surface area (Å²) in [7, 11) is 0. The van der Waals surface area contributed by atoms with Crippen molar-refractivity contribution in [1.82, 2.24) is 5.32 Å². The lowest BCUT2D eigenvalue weighted by molar-refractivity contribution is -0.385. The highest BCUT2D eigenvalue weighted by Gasteiger charge is 2.23. The molecule has 0 spiro atoms. The number of carbonyl (C=O) groups excluding carboxylic acids is 1. The molecule has 21 heavy (non-hydrogen) atoms. The highest BCUT2D eigenvalue weighted by Crippen LogP contribution is 2.27. The fourth-order valence-electron chi connectivity index (χ4n) is 1.68. The van der Waals surface area contributed by atoms with Crippen molar-refractivity contribution >= 4 is 17.6 Å². The Balaban J connectivity index is 2.15. The SMILES string of the molecule is O=C(O)C1=CNC=C(C(=O)Oc2ccccc2[N+](=O)[O-])C1. The van der Waals surface area contributed by atoms with Gasteiger partial charge in [-0.2, -0.15) is 0 Å². The van der Waals surface area contributed by atoms with E-state index in [0.717, 1.165) is 0 Å². The minimum Gasteiger partial charge on any atom is -0.478 e. The maximum Gasteiger partial charge on any atom is 0.341 e. The Morgan fingerprint density at radius 2 is 1.90 bits per heavy atom. The molecule has 0 bridgehead atoms. The minimum absolute atomic E-state index is 0.00740. The zero-order valence-corrected chi connectivity index (χ0v) is 10.6. The smallest absolute Gasteiger partial charge is 0.341 e. The van der Waals surface area contributed by atoms with Crippen LogP contribution in [0.3, 0.4) is 0 Å². The van der Waals surface area contributed by atoms with Crippen molar-refractivity contribution < 1.29 is 24.4 Å². The highest BCUT2D eigenvalue weighted by molar-refractivity contribution is 5.95. The van der Waals surface area contributed by atoms with E-state index in [9.17, 15) is 19.7 Å². The van der Waals surface area contributed by atoms with Crippen LogP contribution in [-0.2, 0) is 9.59 Å². The average Bonchev–Trinajstić information content (AvgIpc) is 2.47. The summed E-state index contributed by atoms with van der Waals surface area (Å²) < 4.78 is 4.97. The number of dihydropyridines is 1. The first-order valence-corrected chi connectivity index (χ1v) is 5.82. The summed E-state index contributed by atoms with van der Waals surface area (Å²) >= 11 is 0. The van der Waals surface area contributed by atoms with Crippen LogP contribution in [0.5, 0.6) is 5.75 Å². The predicted molar refractivity (Wildman–Crippen MR) is 70.3 cm³/mol. The van der Waals surface area contributed by atoms with E-state index in [2.05, 4.69) is 5.32 Å². The number of nitrogens with one attached hydrogen (secondary N) is 1. The van der Waals surface area contributed by atoms with Gasteiger partial charge in [-0.15, -0.1) is 0 Å². The Morgan fingerprint density at radius 3 is 2.57 bits per heavy atom. The second-order valence-electron chi connectivity index (χ2n) is 4.10. The van der Waals surface area contributed by atoms with Gasteiger partial charge < -0.3 is 15.2 Å². The summed E-state index contributed by atoms with van der Waals surface area (Å²) in [5, 5.41) is 22.2. The molecule has 0 aliphatic carbocycles. The van der Waals surface area contributed by atoms with Crippen LogP contribution in [0.15, 0.2) is 47.8 Å². The number of hydrogen-bond acceptors (Lipinski definition) is 6. The van der Waals surface area contributed by atoms with Gasteiger partial charge in [0.15, 0.2) is 0 Å². The van der Waals surface area contributed by atoms with Gasteiger partial charge in [0.05, 0.1) is 16.1 Å². The molecule has 1 aliphatic heterocycles. The van der Waals surface area contributed by atoms with E-state index in [0.29, 0.717) is 0 Å². The van der Waals surface area contributed by atoms with E-state index in [1.54, 1.807) is 0 Å². The van der Waals surface area contributed by atoms with Crippen molar-refractivity contribution in [3.8, 4) is 5.75 Å². The first-order chi connectivity index (χ1) is 9.99. The number of ether oxygens (including phenoxy) is 1. The van der Waals surface area contributed by atoms with Crippen LogP contribution < -0.4 is 10.1 Å². The van der Waals surface area contributed by atoms with Crippen molar-refractivity contribution in [3.05, 3.63) is 57.9 Å². The number of carbonyl (C=O) groups is 2. The monoisotopic (exact) mass is 290 g/mol. The normalized spacial score (nSPS) is 13.5. The van der Waals surface area contributed by atoms with Crippen LogP contribution in [0.1, 0.15) is 6.42 Å². The average molecular weight is 290 g/mol. The quantitative estimate of drug-likeness (QED) is 0.371. The van der Waals surface area contributed by atoms with Crippen LogP contribution in [0, 0.1) is 10.1 Å². The number of carboxylic acids is 1. The molecule has 1 aromatic carbocycles. The van der Waals surface area contributed by atoms with Crippen molar-refractivity contribution in [2.45, 2.75) is 6.42 Å². The van der Waals surface area contributed by atoms with Crippen molar-refractivity contribution in [3.63, 3.8) is 0 Å². The predicted octanol–water partition coefficient (Wildman–Crippen LogP) is 1.35. The number of nitrogens with zero attached hydrogens (tertiary/aromatic N) is 1. The fraction of sp³-hybridized carbons (Fsp3) is 0.0769. The van der Waals surface area contributed by atoms with E-state index in [1.165, 1.54) is 36.7 Å². The van der Waals surface area contributed by atoms with E-state index in [4.69, 9.17) is 9.84 Å². The molecule has 0 saturated heterocycles. The molecule has 0 unspecified atom stereocenters. The third-order valence-corrected chi connectivity index (χ3v) is 2.70. The molecule has 2 N–H and O–H groups in total. The number of aliphatic carboxylic acids is 1. The molecule has 2 rings (SSSR count). The van der Waals surface area contributed by atoms with E-state index in [-0.39, 0.29) is 29.0 Å². The summed E-state index contributed by atoms with van der Waals surface area (Å²) in [5.74, 6) is -2.20. The van der Waals surface area contributed by atoms with Crippen molar-refractivity contribution in [2.24, 2.45) is 0 Å². The number of hydrogen-bond donors (Lipinski definition) is 2. The molecular weight excluding hydrogens is 280 g/mol. The lowest BCUT2D eigenvalue weighted by Gasteiger charge is -2.12. The minimum atomic E-state index is -1.16. The van der Waals surface area contributed by atoms with Gasteiger partial charge in [-0.3, -0.25) is 10.1 Å². The molecule has 1 aliphatic rings. The second-order valence-corrected chi connectivity index (χ2v) is 4.10. The van der Waals surface area contributed by atoms with Crippen molar-refractivity contribution in [1.29, 1.82) is 0 Å². The fourth-order valence-corrected chi connectivity index (χ4v) is 1.68. The molecule has 8 heteroatoms. The third kappa shape index (κ3) is 3.24.